The summed E-state index contributed by atoms with van der Waals surface area (Å²) in [5.74, 6) is 0.968. The number of piperazine rings is 1. The molecule has 0 aliphatic carbocycles. The van der Waals surface area contributed by atoms with Crippen molar-refractivity contribution >= 4 is 23.3 Å². The van der Waals surface area contributed by atoms with Crippen molar-refractivity contribution in [1.82, 2.24) is 25.0 Å². The van der Waals surface area contributed by atoms with Gasteiger partial charge >= 0.3 is 0 Å². The Labute approximate surface area is 194 Å². The topological polar surface area (TPSA) is 66.3 Å². The molecular formula is C24H29ClN6O. The molecule has 4 rings (SSSR count). The first kappa shape index (κ1) is 22.3. The van der Waals surface area contributed by atoms with Crippen molar-refractivity contribution in [1.29, 1.82) is 0 Å². The fourth-order valence-corrected chi connectivity index (χ4v) is 4.02. The zero-order valence-corrected chi connectivity index (χ0v) is 19.5. The molecule has 8 heteroatoms. The summed E-state index contributed by atoms with van der Waals surface area (Å²) in [5.41, 5.74) is 3.29. The van der Waals surface area contributed by atoms with Gasteiger partial charge < -0.3 is 15.1 Å². The fraction of sp³-hybridized carbons (Fsp3) is 0.375. The third kappa shape index (κ3) is 4.95. The minimum Gasteiger partial charge on any atom is -0.354 e. The minimum absolute atomic E-state index is 0.124. The Balaban J connectivity index is 1.43. The van der Waals surface area contributed by atoms with Gasteiger partial charge in [0.2, 0.25) is 0 Å². The molecule has 7 nitrogen and oxygen atoms in total. The van der Waals surface area contributed by atoms with E-state index in [-0.39, 0.29) is 11.8 Å². The van der Waals surface area contributed by atoms with Crippen LogP contribution in [0.15, 0.2) is 48.8 Å². The first-order chi connectivity index (χ1) is 15.4. The quantitative estimate of drug-likeness (QED) is 0.617. The number of hydrogen-bond donors (Lipinski definition) is 1. The Morgan fingerprint density at radius 3 is 2.41 bits per heavy atom. The van der Waals surface area contributed by atoms with Gasteiger partial charge in [-0.05, 0) is 48.9 Å². The van der Waals surface area contributed by atoms with Gasteiger partial charge in [0.05, 0.1) is 23.1 Å². The highest BCUT2D eigenvalue weighted by Crippen LogP contribution is 2.24. The predicted octanol–water partition coefficient (Wildman–Crippen LogP) is 3.73. The van der Waals surface area contributed by atoms with Gasteiger partial charge in [0.1, 0.15) is 5.82 Å². The summed E-state index contributed by atoms with van der Waals surface area (Å²) in [7, 11) is 2.14. The van der Waals surface area contributed by atoms with Crippen LogP contribution in [0.1, 0.15) is 41.4 Å². The second-order valence-corrected chi connectivity index (χ2v) is 8.92. The summed E-state index contributed by atoms with van der Waals surface area (Å²) in [4.78, 5) is 22.2. The van der Waals surface area contributed by atoms with Crippen LogP contribution in [-0.2, 0) is 6.54 Å². The molecule has 32 heavy (non-hydrogen) atoms. The monoisotopic (exact) mass is 452 g/mol. The molecule has 0 bridgehead atoms. The molecule has 0 radical (unpaired) electrons. The van der Waals surface area contributed by atoms with Crippen LogP contribution in [-0.4, -0.2) is 58.8 Å². The summed E-state index contributed by atoms with van der Waals surface area (Å²) in [5, 5.41) is 8.15. The third-order valence-corrected chi connectivity index (χ3v) is 6.01. The number of nitrogens with zero attached hydrogens (tertiary/aromatic N) is 5. The minimum atomic E-state index is -0.142. The number of benzene rings is 1. The Morgan fingerprint density at radius 1 is 1.06 bits per heavy atom. The smallest absolute Gasteiger partial charge is 0.255 e. The van der Waals surface area contributed by atoms with E-state index in [1.807, 2.05) is 47.3 Å². The zero-order valence-electron chi connectivity index (χ0n) is 18.8. The molecule has 1 amide bonds. The van der Waals surface area contributed by atoms with Crippen molar-refractivity contribution in [3.05, 3.63) is 70.6 Å². The molecule has 3 heterocycles. The Morgan fingerprint density at radius 2 is 1.78 bits per heavy atom. The second kappa shape index (κ2) is 9.71. The van der Waals surface area contributed by atoms with E-state index >= 15 is 0 Å². The van der Waals surface area contributed by atoms with Gasteiger partial charge in [-0.1, -0.05) is 31.5 Å². The average molecular weight is 453 g/mol. The van der Waals surface area contributed by atoms with Gasteiger partial charge in [-0.2, -0.15) is 5.10 Å². The van der Waals surface area contributed by atoms with Crippen LogP contribution in [0, 0.1) is 0 Å². The molecule has 1 aliphatic heterocycles. The summed E-state index contributed by atoms with van der Waals surface area (Å²) >= 11 is 6.01. The molecule has 1 fully saturated rings. The maximum Gasteiger partial charge on any atom is 0.255 e. The SMILES string of the molecule is CC(C)c1c(C(=O)NCc2ccc(N3CCN(C)CC3)nc2)cnn1-c1ccc(Cl)cc1. The number of pyridine rings is 1. The highest BCUT2D eigenvalue weighted by molar-refractivity contribution is 6.30. The van der Waals surface area contributed by atoms with Crippen molar-refractivity contribution in [3.63, 3.8) is 0 Å². The Hall–Kier alpha value is -2.90. The lowest BCUT2D eigenvalue weighted by Gasteiger charge is -2.33. The molecule has 1 saturated heterocycles. The van der Waals surface area contributed by atoms with Gasteiger partial charge in [0, 0.05) is 43.9 Å². The summed E-state index contributed by atoms with van der Waals surface area (Å²) in [6.07, 6.45) is 3.47. The van der Waals surface area contributed by atoms with Crippen molar-refractivity contribution in [2.45, 2.75) is 26.3 Å². The second-order valence-electron chi connectivity index (χ2n) is 8.48. The van der Waals surface area contributed by atoms with Gasteiger partial charge in [-0.25, -0.2) is 9.67 Å². The fourth-order valence-electron chi connectivity index (χ4n) is 3.90. The van der Waals surface area contributed by atoms with E-state index in [1.54, 1.807) is 6.20 Å². The number of carbonyl (C=O) groups is 1. The molecule has 0 spiro atoms. The van der Waals surface area contributed by atoms with E-state index in [0.717, 1.165) is 48.9 Å². The van der Waals surface area contributed by atoms with Crippen molar-refractivity contribution < 1.29 is 4.79 Å². The molecule has 3 aromatic rings. The van der Waals surface area contributed by atoms with E-state index in [9.17, 15) is 4.79 Å². The number of amides is 1. The number of likely N-dealkylation sites (N-methyl/N-ethyl adjacent to an activating group) is 1. The van der Waals surface area contributed by atoms with Crippen LogP contribution < -0.4 is 10.2 Å². The summed E-state index contributed by atoms with van der Waals surface area (Å²) in [6.45, 7) is 8.58. The molecule has 1 aromatic carbocycles. The normalized spacial score (nSPS) is 14.7. The standard InChI is InChI=1S/C24H29ClN6O/c1-17(2)23-21(16-28-31(23)20-7-5-19(25)6-8-20)24(32)27-15-18-4-9-22(26-14-18)30-12-10-29(3)11-13-30/h4-9,14,16-17H,10-13,15H2,1-3H3,(H,27,32). The van der Waals surface area contributed by atoms with Crippen molar-refractivity contribution in [2.24, 2.45) is 0 Å². The number of carbonyl (C=O) groups excluding carboxylic acids is 1. The van der Waals surface area contributed by atoms with E-state index < -0.39 is 0 Å². The van der Waals surface area contributed by atoms with Crippen LogP contribution in [0.4, 0.5) is 5.82 Å². The number of anilines is 1. The molecule has 2 aromatic heterocycles. The van der Waals surface area contributed by atoms with Crippen molar-refractivity contribution in [2.75, 3.05) is 38.1 Å². The summed E-state index contributed by atoms with van der Waals surface area (Å²) in [6, 6.07) is 11.5. The predicted molar refractivity (Wildman–Crippen MR) is 128 cm³/mol. The van der Waals surface area contributed by atoms with Gasteiger partial charge in [-0.15, -0.1) is 0 Å². The number of rotatable bonds is 6. The molecule has 0 atom stereocenters. The van der Waals surface area contributed by atoms with Crippen LogP contribution in [0.3, 0.4) is 0 Å². The maximum absolute atomic E-state index is 13.0. The third-order valence-electron chi connectivity index (χ3n) is 5.76. The van der Waals surface area contributed by atoms with Gasteiger partial charge in [0.15, 0.2) is 0 Å². The van der Waals surface area contributed by atoms with Gasteiger partial charge in [-0.3, -0.25) is 4.79 Å². The van der Waals surface area contributed by atoms with Crippen LogP contribution in [0.5, 0.6) is 0 Å². The summed E-state index contributed by atoms with van der Waals surface area (Å²) < 4.78 is 1.81. The molecule has 1 N–H and O–H groups in total. The number of hydrogen-bond acceptors (Lipinski definition) is 5. The van der Waals surface area contributed by atoms with Crippen LogP contribution >= 0.6 is 11.6 Å². The van der Waals surface area contributed by atoms with E-state index in [4.69, 9.17) is 11.6 Å². The van der Waals surface area contributed by atoms with E-state index in [0.29, 0.717) is 17.1 Å². The van der Waals surface area contributed by atoms with Gasteiger partial charge in [0.25, 0.3) is 5.91 Å². The average Bonchev–Trinajstić information content (AvgIpc) is 3.25. The van der Waals surface area contributed by atoms with Crippen LogP contribution in [0.25, 0.3) is 5.69 Å². The zero-order chi connectivity index (χ0) is 22.7. The highest BCUT2D eigenvalue weighted by atomic mass is 35.5. The lowest BCUT2D eigenvalue weighted by atomic mass is 10.0. The number of aromatic nitrogens is 3. The number of nitrogens with one attached hydrogen (secondary N) is 1. The van der Waals surface area contributed by atoms with E-state index in [1.165, 1.54) is 0 Å². The maximum atomic E-state index is 13.0. The molecule has 168 valence electrons. The first-order valence-electron chi connectivity index (χ1n) is 10.9. The molecule has 0 unspecified atom stereocenters. The first-order valence-corrected chi connectivity index (χ1v) is 11.3. The lowest BCUT2D eigenvalue weighted by Crippen LogP contribution is -2.44. The largest absolute Gasteiger partial charge is 0.354 e. The Bertz CT molecular complexity index is 1050. The molecular weight excluding hydrogens is 424 g/mol. The lowest BCUT2D eigenvalue weighted by molar-refractivity contribution is 0.0949. The highest BCUT2D eigenvalue weighted by Gasteiger charge is 2.21. The molecule has 1 aliphatic rings. The van der Waals surface area contributed by atoms with E-state index in [2.05, 4.69) is 46.1 Å². The number of halogens is 1. The van der Waals surface area contributed by atoms with Crippen LogP contribution in [0.2, 0.25) is 5.02 Å². The van der Waals surface area contributed by atoms with Crippen molar-refractivity contribution in [3.8, 4) is 5.69 Å². The Kier molecular flexibility index (Phi) is 6.77. The molecule has 0 saturated carbocycles.